The van der Waals surface area contributed by atoms with Crippen molar-refractivity contribution in [3.05, 3.63) is 23.7 Å². The first-order valence-corrected chi connectivity index (χ1v) is 6.38. The van der Waals surface area contributed by atoms with Gasteiger partial charge in [0.2, 0.25) is 5.76 Å². The summed E-state index contributed by atoms with van der Waals surface area (Å²) >= 11 is 0. The lowest BCUT2D eigenvalue weighted by atomic mass is 9.71. The fourth-order valence-electron chi connectivity index (χ4n) is 2.73. The van der Waals surface area contributed by atoms with E-state index < -0.39 is 11.6 Å². The van der Waals surface area contributed by atoms with Crippen LogP contribution in [0.25, 0.3) is 0 Å². The monoisotopic (exact) mass is 252 g/mol. The van der Waals surface area contributed by atoms with Crippen LogP contribution in [-0.4, -0.2) is 18.2 Å². The lowest BCUT2D eigenvalue weighted by Gasteiger charge is -2.39. The summed E-state index contributed by atoms with van der Waals surface area (Å²) in [6.07, 6.45) is 2.75. The lowest BCUT2D eigenvalue weighted by Crippen LogP contribution is -2.38. The third-order valence-corrected chi connectivity index (χ3v) is 3.99. The molecule has 1 aliphatic carbocycles. The lowest BCUT2D eigenvalue weighted by molar-refractivity contribution is -0.0787. The summed E-state index contributed by atoms with van der Waals surface area (Å²) in [5.74, 6) is 0.692. The predicted molar refractivity (Wildman–Crippen MR) is 66.1 cm³/mol. The average Bonchev–Trinajstić information content (AvgIpc) is 2.83. The van der Waals surface area contributed by atoms with Gasteiger partial charge in [0.25, 0.3) is 0 Å². The van der Waals surface area contributed by atoms with Crippen molar-refractivity contribution in [3.63, 3.8) is 0 Å². The van der Waals surface area contributed by atoms with E-state index in [0.29, 0.717) is 18.1 Å². The molecule has 1 heterocycles. The van der Waals surface area contributed by atoms with E-state index in [1.54, 1.807) is 12.1 Å². The first-order valence-electron chi connectivity index (χ1n) is 6.38. The van der Waals surface area contributed by atoms with Crippen molar-refractivity contribution in [2.75, 3.05) is 7.11 Å². The summed E-state index contributed by atoms with van der Waals surface area (Å²) in [5, 5.41) is 10.8. The average molecular weight is 252 g/mol. The zero-order chi connectivity index (χ0) is 13.3. The molecular formula is C14H20O4. The van der Waals surface area contributed by atoms with E-state index in [9.17, 15) is 9.90 Å². The van der Waals surface area contributed by atoms with Crippen LogP contribution in [0.3, 0.4) is 0 Å². The molecule has 4 nitrogen and oxygen atoms in total. The number of carbonyl (C=O) groups is 1. The molecule has 2 rings (SSSR count). The van der Waals surface area contributed by atoms with Gasteiger partial charge >= 0.3 is 5.97 Å². The normalized spacial score (nSPS) is 32.2. The first-order chi connectivity index (χ1) is 8.47. The van der Waals surface area contributed by atoms with Gasteiger partial charge < -0.3 is 14.3 Å². The third-order valence-electron chi connectivity index (χ3n) is 3.99. The van der Waals surface area contributed by atoms with Crippen molar-refractivity contribution in [3.8, 4) is 0 Å². The predicted octanol–water partition coefficient (Wildman–Crippen LogP) is 2.71. The minimum atomic E-state index is -0.968. The highest BCUT2D eigenvalue weighted by molar-refractivity contribution is 5.86. The summed E-state index contributed by atoms with van der Waals surface area (Å²) in [6.45, 7) is 4.15. The highest BCUT2D eigenvalue weighted by atomic mass is 16.5. The van der Waals surface area contributed by atoms with E-state index in [4.69, 9.17) is 4.42 Å². The number of hydrogen-bond acceptors (Lipinski definition) is 4. The molecule has 0 spiro atoms. The molecule has 18 heavy (non-hydrogen) atoms. The van der Waals surface area contributed by atoms with Crippen LogP contribution in [0.5, 0.6) is 0 Å². The molecule has 0 aromatic carbocycles. The van der Waals surface area contributed by atoms with E-state index in [-0.39, 0.29) is 11.7 Å². The molecule has 1 aromatic rings. The van der Waals surface area contributed by atoms with Gasteiger partial charge in [0.1, 0.15) is 11.4 Å². The van der Waals surface area contributed by atoms with Crippen molar-refractivity contribution in [1.82, 2.24) is 0 Å². The number of ether oxygens (including phenoxy) is 1. The number of methoxy groups -OCH3 is 1. The number of hydrogen-bond donors (Lipinski definition) is 1. The highest BCUT2D eigenvalue weighted by Gasteiger charge is 2.43. The molecular weight excluding hydrogens is 232 g/mol. The number of aliphatic hydroxyl groups is 1. The molecule has 4 heteroatoms. The van der Waals surface area contributed by atoms with Crippen molar-refractivity contribution in [2.24, 2.45) is 11.8 Å². The Labute approximate surface area is 107 Å². The Hall–Kier alpha value is -1.29. The summed E-state index contributed by atoms with van der Waals surface area (Å²) in [4.78, 5) is 11.4. The van der Waals surface area contributed by atoms with E-state index in [2.05, 4.69) is 11.7 Å². The van der Waals surface area contributed by atoms with E-state index in [1.807, 2.05) is 6.92 Å². The highest BCUT2D eigenvalue weighted by Crippen LogP contribution is 2.44. The van der Waals surface area contributed by atoms with Gasteiger partial charge in [-0.3, -0.25) is 0 Å². The maximum Gasteiger partial charge on any atom is 0.373 e. The standard InChI is InChI=1S/C14H20O4/c1-9-4-5-10(2)14(16,8-9)12-7-6-11(18-12)13(15)17-3/h6-7,9-10,16H,4-5,8H2,1-3H3. The molecule has 0 bridgehead atoms. The maximum atomic E-state index is 11.4. The Bertz CT molecular complexity index is 437. The van der Waals surface area contributed by atoms with Crippen LogP contribution >= 0.6 is 0 Å². The van der Waals surface area contributed by atoms with Gasteiger partial charge in [-0.25, -0.2) is 4.79 Å². The second-order valence-corrected chi connectivity index (χ2v) is 5.37. The van der Waals surface area contributed by atoms with Gasteiger partial charge in [0.05, 0.1) is 7.11 Å². The van der Waals surface area contributed by atoms with Gasteiger partial charge in [-0.05, 0) is 36.8 Å². The fraction of sp³-hybridized carbons (Fsp3) is 0.643. The summed E-state index contributed by atoms with van der Waals surface area (Å²) in [5.41, 5.74) is -0.968. The molecule has 0 aliphatic heterocycles. The molecule has 1 aliphatic rings. The quantitative estimate of drug-likeness (QED) is 0.822. The smallest absolute Gasteiger partial charge is 0.373 e. The molecule has 1 saturated carbocycles. The Morgan fingerprint density at radius 2 is 2.17 bits per heavy atom. The van der Waals surface area contributed by atoms with Gasteiger partial charge in [0, 0.05) is 0 Å². The van der Waals surface area contributed by atoms with Gasteiger partial charge in [-0.1, -0.05) is 20.3 Å². The molecule has 0 saturated heterocycles. The van der Waals surface area contributed by atoms with Crippen molar-refractivity contribution >= 4 is 5.97 Å². The second-order valence-electron chi connectivity index (χ2n) is 5.37. The molecule has 1 N–H and O–H groups in total. The summed E-state index contributed by atoms with van der Waals surface area (Å²) < 4.78 is 10.1. The molecule has 100 valence electrons. The van der Waals surface area contributed by atoms with Crippen molar-refractivity contribution in [1.29, 1.82) is 0 Å². The van der Waals surface area contributed by atoms with Crippen LogP contribution < -0.4 is 0 Å². The van der Waals surface area contributed by atoms with Crippen molar-refractivity contribution < 1.29 is 19.1 Å². The van der Waals surface area contributed by atoms with Crippen LogP contribution in [0, 0.1) is 11.8 Å². The fourth-order valence-corrected chi connectivity index (χ4v) is 2.73. The summed E-state index contributed by atoms with van der Waals surface area (Å²) in [6, 6.07) is 3.24. The van der Waals surface area contributed by atoms with Crippen molar-refractivity contribution in [2.45, 2.75) is 38.7 Å². The number of carbonyl (C=O) groups excluding carboxylic acids is 1. The molecule has 1 fully saturated rings. The van der Waals surface area contributed by atoms with Crippen LogP contribution in [0.4, 0.5) is 0 Å². The number of rotatable bonds is 2. The topological polar surface area (TPSA) is 59.7 Å². The largest absolute Gasteiger partial charge is 0.463 e. The SMILES string of the molecule is COC(=O)c1ccc(C2(O)CC(C)CCC2C)o1. The van der Waals surface area contributed by atoms with Crippen LogP contribution in [-0.2, 0) is 10.3 Å². The molecule has 0 amide bonds. The van der Waals surface area contributed by atoms with Crippen LogP contribution in [0.2, 0.25) is 0 Å². The van der Waals surface area contributed by atoms with Gasteiger partial charge in [0.15, 0.2) is 0 Å². The Morgan fingerprint density at radius 3 is 2.83 bits per heavy atom. The minimum absolute atomic E-state index is 0.130. The van der Waals surface area contributed by atoms with Crippen LogP contribution in [0.15, 0.2) is 16.5 Å². The number of furan rings is 1. The first kappa shape index (κ1) is 13.1. The third kappa shape index (κ3) is 2.17. The molecule has 3 unspecified atom stereocenters. The zero-order valence-corrected chi connectivity index (χ0v) is 11.1. The Kier molecular flexibility index (Phi) is 3.48. The number of esters is 1. The maximum absolute atomic E-state index is 11.4. The second kappa shape index (κ2) is 4.76. The summed E-state index contributed by atoms with van der Waals surface area (Å²) in [7, 11) is 1.31. The molecule has 1 aromatic heterocycles. The van der Waals surface area contributed by atoms with Gasteiger partial charge in [-0.2, -0.15) is 0 Å². The van der Waals surface area contributed by atoms with E-state index in [1.165, 1.54) is 7.11 Å². The van der Waals surface area contributed by atoms with E-state index in [0.717, 1.165) is 12.8 Å². The van der Waals surface area contributed by atoms with Crippen LogP contribution in [0.1, 0.15) is 49.4 Å². The van der Waals surface area contributed by atoms with E-state index >= 15 is 0 Å². The molecule has 3 atom stereocenters. The molecule has 0 radical (unpaired) electrons. The van der Waals surface area contributed by atoms with Gasteiger partial charge in [-0.15, -0.1) is 0 Å². The minimum Gasteiger partial charge on any atom is -0.463 e. The zero-order valence-electron chi connectivity index (χ0n) is 11.1. The Balaban J connectivity index is 2.28. The Morgan fingerprint density at radius 1 is 1.44 bits per heavy atom.